The normalized spacial score (nSPS) is 10.1. The summed E-state index contributed by atoms with van der Waals surface area (Å²) in [6, 6.07) is 9.49. The molecule has 0 radical (unpaired) electrons. The lowest BCUT2D eigenvalue weighted by Crippen LogP contribution is -2.14. The van der Waals surface area contributed by atoms with Gasteiger partial charge in [-0.25, -0.2) is 4.98 Å². The minimum absolute atomic E-state index is 0.198. The van der Waals surface area contributed by atoms with Crippen LogP contribution in [0.3, 0.4) is 0 Å². The Kier molecular flexibility index (Phi) is 3.80. The van der Waals surface area contributed by atoms with Crippen LogP contribution >= 0.6 is 0 Å². The van der Waals surface area contributed by atoms with Gasteiger partial charge in [-0.05, 0) is 43.2 Å². The number of carbonyl (C=O) groups excluding carboxylic acids is 1. The first-order chi connectivity index (χ1) is 9.10. The molecule has 19 heavy (non-hydrogen) atoms. The van der Waals surface area contributed by atoms with Crippen LogP contribution in [0.2, 0.25) is 0 Å². The van der Waals surface area contributed by atoms with Gasteiger partial charge in [-0.2, -0.15) is 0 Å². The van der Waals surface area contributed by atoms with E-state index in [1.807, 2.05) is 45.2 Å². The van der Waals surface area contributed by atoms with E-state index in [-0.39, 0.29) is 5.91 Å². The number of hydrogen-bond donors (Lipinski definition) is 2. The van der Waals surface area contributed by atoms with Crippen LogP contribution in [0.25, 0.3) is 0 Å². The van der Waals surface area contributed by atoms with Crippen LogP contribution in [-0.2, 0) is 0 Å². The fraction of sp³-hybridized carbons (Fsp3) is 0.200. The van der Waals surface area contributed by atoms with Crippen molar-refractivity contribution in [3.8, 4) is 0 Å². The Bertz CT molecular complexity index is 591. The molecule has 2 N–H and O–H groups in total. The summed E-state index contributed by atoms with van der Waals surface area (Å²) < 4.78 is 0. The molecule has 98 valence electrons. The monoisotopic (exact) mass is 255 g/mol. The van der Waals surface area contributed by atoms with Crippen LogP contribution in [0, 0.1) is 13.8 Å². The summed E-state index contributed by atoms with van der Waals surface area (Å²) in [7, 11) is 1.81. The first-order valence-electron chi connectivity index (χ1n) is 6.12. The SMILES string of the molecule is CNc1ccc(C(=O)Nc2cc(C)ccc2C)nc1. The lowest BCUT2D eigenvalue weighted by Gasteiger charge is -2.09. The summed E-state index contributed by atoms with van der Waals surface area (Å²) in [5, 5.41) is 5.85. The minimum atomic E-state index is -0.198. The van der Waals surface area contributed by atoms with Crippen molar-refractivity contribution in [1.29, 1.82) is 0 Å². The summed E-state index contributed by atoms with van der Waals surface area (Å²) in [5.74, 6) is -0.198. The van der Waals surface area contributed by atoms with E-state index in [4.69, 9.17) is 0 Å². The van der Waals surface area contributed by atoms with Gasteiger partial charge in [-0.1, -0.05) is 12.1 Å². The minimum Gasteiger partial charge on any atom is -0.387 e. The molecule has 0 atom stereocenters. The maximum Gasteiger partial charge on any atom is 0.274 e. The van der Waals surface area contributed by atoms with Gasteiger partial charge >= 0.3 is 0 Å². The number of nitrogens with one attached hydrogen (secondary N) is 2. The van der Waals surface area contributed by atoms with Crippen molar-refractivity contribution in [3.05, 3.63) is 53.3 Å². The van der Waals surface area contributed by atoms with E-state index in [9.17, 15) is 4.79 Å². The Balaban J connectivity index is 2.18. The highest BCUT2D eigenvalue weighted by Crippen LogP contribution is 2.17. The van der Waals surface area contributed by atoms with Crippen LogP contribution in [0.15, 0.2) is 36.5 Å². The van der Waals surface area contributed by atoms with Gasteiger partial charge in [0.25, 0.3) is 5.91 Å². The van der Waals surface area contributed by atoms with E-state index < -0.39 is 0 Å². The summed E-state index contributed by atoms with van der Waals surface area (Å²) in [6.07, 6.45) is 1.64. The average molecular weight is 255 g/mol. The molecule has 2 aromatic rings. The largest absolute Gasteiger partial charge is 0.387 e. The third kappa shape index (κ3) is 3.10. The Morgan fingerprint density at radius 3 is 2.58 bits per heavy atom. The maximum atomic E-state index is 12.1. The van der Waals surface area contributed by atoms with Gasteiger partial charge in [0, 0.05) is 12.7 Å². The Hall–Kier alpha value is -2.36. The number of aromatic nitrogens is 1. The lowest BCUT2D eigenvalue weighted by atomic mass is 10.1. The number of benzene rings is 1. The van der Waals surface area contributed by atoms with Gasteiger partial charge in [-0.3, -0.25) is 4.79 Å². The smallest absolute Gasteiger partial charge is 0.274 e. The third-order valence-electron chi connectivity index (χ3n) is 2.93. The van der Waals surface area contributed by atoms with Gasteiger partial charge < -0.3 is 10.6 Å². The highest BCUT2D eigenvalue weighted by molar-refractivity contribution is 6.03. The Morgan fingerprint density at radius 1 is 1.16 bits per heavy atom. The molecule has 4 nitrogen and oxygen atoms in total. The number of hydrogen-bond acceptors (Lipinski definition) is 3. The number of carbonyl (C=O) groups is 1. The predicted octanol–water partition coefficient (Wildman–Crippen LogP) is 2.99. The fourth-order valence-corrected chi connectivity index (χ4v) is 1.73. The molecule has 2 rings (SSSR count). The molecule has 0 aliphatic heterocycles. The standard InChI is InChI=1S/C15H17N3O/c1-10-4-5-11(2)14(8-10)18-15(19)13-7-6-12(16-3)9-17-13/h4-9,16H,1-3H3,(H,18,19). The van der Waals surface area contributed by atoms with E-state index in [1.165, 1.54) is 0 Å². The molecule has 0 saturated carbocycles. The molecule has 0 aliphatic carbocycles. The van der Waals surface area contributed by atoms with Crippen molar-refractivity contribution >= 4 is 17.3 Å². The summed E-state index contributed by atoms with van der Waals surface area (Å²) >= 11 is 0. The number of amides is 1. The molecule has 1 aromatic heterocycles. The molecule has 4 heteroatoms. The quantitative estimate of drug-likeness (QED) is 0.886. The van der Waals surface area contributed by atoms with E-state index in [0.717, 1.165) is 22.5 Å². The molecular formula is C15H17N3O. The third-order valence-corrected chi connectivity index (χ3v) is 2.93. The van der Waals surface area contributed by atoms with E-state index >= 15 is 0 Å². The van der Waals surface area contributed by atoms with Gasteiger partial charge in [0.15, 0.2) is 0 Å². The van der Waals surface area contributed by atoms with Crippen molar-refractivity contribution < 1.29 is 4.79 Å². The Labute approximate surface area is 112 Å². The highest BCUT2D eigenvalue weighted by atomic mass is 16.1. The van der Waals surface area contributed by atoms with Crippen LogP contribution in [0.1, 0.15) is 21.6 Å². The van der Waals surface area contributed by atoms with Crippen LogP contribution in [-0.4, -0.2) is 17.9 Å². The second-order valence-electron chi connectivity index (χ2n) is 4.45. The molecule has 1 amide bonds. The maximum absolute atomic E-state index is 12.1. The first kappa shape index (κ1) is 13.1. The van der Waals surface area contributed by atoms with Crippen molar-refractivity contribution in [2.24, 2.45) is 0 Å². The summed E-state index contributed by atoms with van der Waals surface area (Å²) in [6.45, 7) is 3.96. The van der Waals surface area contributed by atoms with Gasteiger partial charge in [0.1, 0.15) is 5.69 Å². The van der Waals surface area contributed by atoms with Gasteiger partial charge in [-0.15, -0.1) is 0 Å². The molecule has 0 unspecified atom stereocenters. The second kappa shape index (κ2) is 5.52. The van der Waals surface area contributed by atoms with Gasteiger partial charge in [0.2, 0.25) is 0 Å². The Morgan fingerprint density at radius 2 is 1.95 bits per heavy atom. The van der Waals surface area contributed by atoms with E-state index in [0.29, 0.717) is 5.69 Å². The fourth-order valence-electron chi connectivity index (χ4n) is 1.73. The van der Waals surface area contributed by atoms with Crippen molar-refractivity contribution in [2.45, 2.75) is 13.8 Å². The molecule has 0 spiro atoms. The topological polar surface area (TPSA) is 54.0 Å². The van der Waals surface area contributed by atoms with E-state index in [2.05, 4.69) is 15.6 Å². The molecule has 1 aromatic carbocycles. The summed E-state index contributed by atoms with van der Waals surface area (Å²) in [5.41, 5.74) is 4.25. The molecule has 0 saturated heterocycles. The zero-order valence-corrected chi connectivity index (χ0v) is 11.3. The van der Waals surface area contributed by atoms with Crippen molar-refractivity contribution in [1.82, 2.24) is 4.98 Å². The molecular weight excluding hydrogens is 238 g/mol. The zero-order valence-electron chi connectivity index (χ0n) is 11.3. The number of aryl methyl sites for hydroxylation is 2. The number of nitrogens with zero attached hydrogens (tertiary/aromatic N) is 1. The molecule has 0 fully saturated rings. The zero-order chi connectivity index (χ0) is 13.8. The first-order valence-corrected chi connectivity index (χ1v) is 6.12. The number of pyridine rings is 1. The average Bonchev–Trinajstić information content (AvgIpc) is 2.43. The lowest BCUT2D eigenvalue weighted by molar-refractivity contribution is 0.102. The molecule has 0 bridgehead atoms. The molecule has 0 aliphatic rings. The van der Waals surface area contributed by atoms with Gasteiger partial charge in [0.05, 0.1) is 11.9 Å². The van der Waals surface area contributed by atoms with Crippen molar-refractivity contribution in [3.63, 3.8) is 0 Å². The summed E-state index contributed by atoms with van der Waals surface area (Å²) in [4.78, 5) is 16.2. The number of rotatable bonds is 3. The van der Waals surface area contributed by atoms with Crippen molar-refractivity contribution in [2.75, 3.05) is 17.7 Å². The molecule has 1 heterocycles. The number of anilines is 2. The van der Waals surface area contributed by atoms with E-state index in [1.54, 1.807) is 12.3 Å². The van der Waals surface area contributed by atoms with Crippen LogP contribution < -0.4 is 10.6 Å². The predicted molar refractivity (Wildman–Crippen MR) is 77.7 cm³/mol. The highest BCUT2D eigenvalue weighted by Gasteiger charge is 2.09. The second-order valence-corrected chi connectivity index (χ2v) is 4.45. The van der Waals surface area contributed by atoms with Crippen LogP contribution in [0.5, 0.6) is 0 Å². The van der Waals surface area contributed by atoms with Crippen LogP contribution in [0.4, 0.5) is 11.4 Å².